The van der Waals surface area contributed by atoms with Gasteiger partial charge in [0.25, 0.3) is 6.71 Å². The Kier molecular flexibility index (Phi) is 11.3. The molecule has 0 atom stereocenters. The van der Waals surface area contributed by atoms with Gasteiger partial charge in [-0.3, -0.25) is 0 Å². The van der Waals surface area contributed by atoms with Crippen LogP contribution >= 0.6 is 11.3 Å². The number of hydrogen-bond acceptors (Lipinski definition) is 5. The van der Waals surface area contributed by atoms with E-state index in [1.165, 1.54) is 115 Å². The van der Waals surface area contributed by atoms with Gasteiger partial charge in [-0.05, 0) is 175 Å². The molecule has 3 aliphatic heterocycles. The molecular weight excluding hydrogens is 956 g/mol. The summed E-state index contributed by atoms with van der Waals surface area (Å²) in [6.07, 6.45) is 0. The van der Waals surface area contributed by atoms with Gasteiger partial charge in [0, 0.05) is 42.9 Å². The number of aryl methyl sites for hydroxylation is 3. The summed E-state index contributed by atoms with van der Waals surface area (Å²) in [4.78, 5) is 5.13. The Hall–Kier alpha value is -7.54. The number of rotatable bonds is 5. The smallest absolute Gasteiger partial charge is 0.252 e. The van der Waals surface area contributed by atoms with Crippen LogP contribution in [0, 0.1) is 20.8 Å². The average Bonchev–Trinajstić information content (AvgIpc) is 3.93. The van der Waals surface area contributed by atoms with Crippen LogP contribution in [0.25, 0.3) is 53.6 Å². The van der Waals surface area contributed by atoms with Gasteiger partial charge in [-0.1, -0.05) is 172 Å². The van der Waals surface area contributed by atoms with Crippen LogP contribution in [0.5, 0.6) is 11.5 Å². The fourth-order valence-electron chi connectivity index (χ4n) is 12.5. The van der Waals surface area contributed by atoms with Crippen LogP contribution in [0.4, 0.5) is 34.1 Å². The predicted molar refractivity (Wildman–Crippen MR) is 331 cm³/mol. The number of nitrogens with zero attached hydrogens (tertiary/aromatic N) is 2. The van der Waals surface area contributed by atoms with Crippen molar-refractivity contribution in [3.63, 3.8) is 0 Å². The van der Waals surface area contributed by atoms with Crippen molar-refractivity contribution in [2.24, 2.45) is 0 Å². The van der Waals surface area contributed by atoms with E-state index in [1.54, 1.807) is 0 Å². The fraction of sp³-hybridized carbons (Fsp3) is 0.239. The van der Waals surface area contributed by atoms with Crippen molar-refractivity contribution in [3.05, 3.63) is 197 Å². The molecule has 10 aromatic rings. The second kappa shape index (κ2) is 17.8. The minimum Gasteiger partial charge on any atom is -0.486 e. The molecule has 0 fully saturated rings. The van der Waals surface area contributed by atoms with E-state index in [0.29, 0.717) is 13.2 Å². The van der Waals surface area contributed by atoms with Crippen LogP contribution in [-0.4, -0.2) is 19.9 Å². The molecular formula is C71H67BN2O2S. The molecule has 13 rings (SSSR count). The van der Waals surface area contributed by atoms with Crippen molar-refractivity contribution in [2.45, 2.75) is 99.3 Å². The monoisotopic (exact) mass is 1020 g/mol. The Balaban J connectivity index is 1.10. The van der Waals surface area contributed by atoms with Crippen LogP contribution in [0.3, 0.4) is 0 Å². The Morgan fingerprint density at radius 3 is 1.62 bits per heavy atom. The molecule has 0 unspecified atom stereocenters. The molecule has 0 saturated carbocycles. The minimum absolute atomic E-state index is 0.0162. The minimum atomic E-state index is -0.131. The highest BCUT2D eigenvalue weighted by Crippen LogP contribution is 2.52. The first-order valence-electron chi connectivity index (χ1n) is 27.5. The molecule has 6 heteroatoms. The second-order valence-corrected chi connectivity index (χ2v) is 26.1. The average molecular weight is 1020 g/mol. The standard InChI is InChI=1S/C71H67BN2O2S/c1-42-33-60-65-61(34-42)74(66-43(2)35-53(36-44(66)3)71(10,11)12)67-57(28-30-62-68(67)76-32-31-75-62)72(65)58-40-47(48-21-27-56-55-15-13-14-16-63(55)77-64(56)41-48)22-29-59(58)73(60)54-38-49(45-17-23-51(24-18-45)69(4,5)6)37-50(39-54)46-19-25-52(26-20-46)70(7,8)9/h13-30,33-41H,31-32H2,1-12H3. The van der Waals surface area contributed by atoms with E-state index in [4.69, 9.17) is 9.47 Å². The third-order valence-electron chi connectivity index (χ3n) is 16.5. The second-order valence-electron chi connectivity index (χ2n) is 25.1. The Morgan fingerprint density at radius 2 is 0.987 bits per heavy atom. The lowest BCUT2D eigenvalue weighted by Crippen LogP contribution is -2.61. The van der Waals surface area contributed by atoms with Crippen LogP contribution in [0.2, 0.25) is 0 Å². The van der Waals surface area contributed by atoms with Crippen LogP contribution < -0.4 is 35.7 Å². The van der Waals surface area contributed by atoms with Crippen LogP contribution in [-0.2, 0) is 16.2 Å². The largest absolute Gasteiger partial charge is 0.486 e. The predicted octanol–water partition coefficient (Wildman–Crippen LogP) is 17.7. The van der Waals surface area contributed by atoms with Crippen molar-refractivity contribution in [3.8, 4) is 44.9 Å². The lowest BCUT2D eigenvalue weighted by atomic mass is 9.33. The molecule has 382 valence electrons. The normalized spacial score (nSPS) is 14.0. The molecule has 0 amide bonds. The first-order valence-corrected chi connectivity index (χ1v) is 28.3. The van der Waals surface area contributed by atoms with E-state index in [2.05, 4.69) is 257 Å². The Labute approximate surface area is 460 Å². The van der Waals surface area contributed by atoms with Gasteiger partial charge >= 0.3 is 0 Å². The zero-order chi connectivity index (χ0) is 53.4. The van der Waals surface area contributed by atoms with Crippen molar-refractivity contribution >= 4 is 88.7 Å². The van der Waals surface area contributed by atoms with Crippen molar-refractivity contribution < 1.29 is 9.47 Å². The summed E-state index contributed by atoms with van der Waals surface area (Å²) < 4.78 is 15.9. The van der Waals surface area contributed by atoms with Gasteiger partial charge in [0.1, 0.15) is 13.2 Å². The quantitative estimate of drug-likeness (QED) is 0.160. The molecule has 0 spiro atoms. The summed E-state index contributed by atoms with van der Waals surface area (Å²) in [6.45, 7) is 28.4. The van der Waals surface area contributed by atoms with E-state index in [9.17, 15) is 0 Å². The first-order chi connectivity index (χ1) is 36.8. The maximum Gasteiger partial charge on any atom is 0.252 e. The zero-order valence-corrected chi connectivity index (χ0v) is 47.5. The topological polar surface area (TPSA) is 24.9 Å². The van der Waals surface area contributed by atoms with Crippen molar-refractivity contribution in [1.82, 2.24) is 0 Å². The molecule has 0 saturated heterocycles. The Bertz CT molecular complexity index is 3930. The lowest BCUT2D eigenvalue weighted by molar-refractivity contribution is 0.172. The van der Waals surface area contributed by atoms with Gasteiger partial charge in [-0.25, -0.2) is 0 Å². The van der Waals surface area contributed by atoms with Crippen molar-refractivity contribution in [2.75, 3.05) is 23.0 Å². The zero-order valence-electron chi connectivity index (χ0n) is 46.7. The molecule has 1 aromatic heterocycles. The summed E-state index contributed by atoms with van der Waals surface area (Å²) in [5.41, 5.74) is 25.4. The summed E-state index contributed by atoms with van der Waals surface area (Å²) >= 11 is 1.87. The molecule has 0 bridgehead atoms. The van der Waals surface area contributed by atoms with Gasteiger partial charge < -0.3 is 19.3 Å². The summed E-state index contributed by atoms with van der Waals surface area (Å²) in [5.74, 6) is 1.60. The van der Waals surface area contributed by atoms with E-state index in [1.807, 2.05) is 11.3 Å². The number of thiophene rings is 1. The van der Waals surface area contributed by atoms with Gasteiger partial charge in [0.2, 0.25) is 0 Å². The summed E-state index contributed by atoms with van der Waals surface area (Å²) in [5, 5.41) is 2.62. The molecule has 4 nitrogen and oxygen atoms in total. The molecule has 0 aliphatic carbocycles. The number of benzene rings is 9. The van der Waals surface area contributed by atoms with Gasteiger partial charge in [-0.2, -0.15) is 0 Å². The molecule has 0 N–H and O–H groups in total. The molecule has 3 aliphatic rings. The summed E-state index contributed by atoms with van der Waals surface area (Å²) in [7, 11) is 0. The molecule has 0 radical (unpaired) electrons. The maximum atomic E-state index is 6.84. The highest BCUT2D eigenvalue weighted by molar-refractivity contribution is 7.25. The highest BCUT2D eigenvalue weighted by Gasteiger charge is 2.46. The highest BCUT2D eigenvalue weighted by atomic mass is 32.1. The van der Waals surface area contributed by atoms with Gasteiger partial charge in [0.15, 0.2) is 11.5 Å². The van der Waals surface area contributed by atoms with Crippen molar-refractivity contribution in [1.29, 1.82) is 0 Å². The van der Waals surface area contributed by atoms with E-state index < -0.39 is 0 Å². The number of anilines is 6. The van der Waals surface area contributed by atoms with Gasteiger partial charge in [0.05, 0.1) is 11.4 Å². The number of ether oxygens (including phenoxy) is 2. The number of hydrogen-bond donors (Lipinski definition) is 0. The third-order valence-corrected chi connectivity index (χ3v) is 17.6. The van der Waals surface area contributed by atoms with E-state index in [-0.39, 0.29) is 23.0 Å². The van der Waals surface area contributed by atoms with E-state index >= 15 is 0 Å². The SMILES string of the molecule is Cc1cc2c3c(c1)N(c1c(C)cc(C(C)(C)C)cc1C)c1c(ccc4c1OCCO4)B3c1cc(-c3ccc4c(c3)sc3ccccc34)ccc1N2c1cc(-c2ccc(C(C)(C)C)cc2)cc(-c2ccc(C(C)(C)C)cc2)c1. The fourth-order valence-corrected chi connectivity index (χ4v) is 13.6. The van der Waals surface area contributed by atoms with Gasteiger partial charge in [-0.15, -0.1) is 11.3 Å². The number of fused-ring (bicyclic) bond motifs is 9. The van der Waals surface area contributed by atoms with E-state index in [0.717, 1.165) is 34.2 Å². The molecule has 9 aromatic carbocycles. The third kappa shape index (κ3) is 8.25. The lowest BCUT2D eigenvalue weighted by Gasteiger charge is -2.46. The maximum absolute atomic E-state index is 6.84. The van der Waals surface area contributed by atoms with Crippen LogP contribution in [0.15, 0.2) is 164 Å². The Morgan fingerprint density at radius 1 is 0.429 bits per heavy atom. The molecule has 4 heterocycles. The van der Waals surface area contributed by atoms with Crippen LogP contribution in [0.1, 0.15) is 95.7 Å². The molecule has 77 heavy (non-hydrogen) atoms. The first kappa shape index (κ1) is 49.1. The summed E-state index contributed by atoms with van der Waals surface area (Å²) in [6, 6.07) is 63.0.